The third-order valence-electron chi connectivity index (χ3n) is 4.92. The highest BCUT2D eigenvalue weighted by Crippen LogP contribution is 2.21. The predicted molar refractivity (Wildman–Crippen MR) is 125 cm³/mol. The second-order valence-electron chi connectivity index (χ2n) is 7.76. The number of nitrogens with one attached hydrogen (secondary N) is 1. The lowest BCUT2D eigenvalue weighted by Gasteiger charge is -2.17. The minimum absolute atomic E-state index is 0.118. The summed E-state index contributed by atoms with van der Waals surface area (Å²) in [5.41, 5.74) is 2.46. The number of hydrogen-bond donors (Lipinski definition) is 1. The smallest absolute Gasteiger partial charge is 0.259 e. The Balaban J connectivity index is 1.66. The Kier molecular flexibility index (Phi) is 7.44. The van der Waals surface area contributed by atoms with E-state index >= 15 is 0 Å². The van der Waals surface area contributed by atoms with E-state index in [-0.39, 0.29) is 11.8 Å². The van der Waals surface area contributed by atoms with E-state index in [2.05, 4.69) is 19.2 Å². The highest BCUT2D eigenvalue weighted by atomic mass is 16.5. The van der Waals surface area contributed by atoms with Gasteiger partial charge in [-0.25, -0.2) is 0 Å². The Morgan fingerprint density at radius 3 is 2.23 bits per heavy atom. The number of hydrogen-bond acceptors (Lipinski definition) is 3. The van der Waals surface area contributed by atoms with Crippen LogP contribution in [-0.2, 0) is 0 Å². The molecule has 0 aliphatic carbocycles. The molecule has 3 rings (SSSR count). The zero-order valence-electron chi connectivity index (χ0n) is 18.2. The second kappa shape index (κ2) is 10.4. The molecular weight excluding hydrogens is 388 g/mol. The first-order valence-corrected chi connectivity index (χ1v) is 10.4. The highest BCUT2D eigenvalue weighted by molar-refractivity contribution is 6.08. The Hall–Kier alpha value is -3.60. The van der Waals surface area contributed by atoms with E-state index < -0.39 is 0 Å². The van der Waals surface area contributed by atoms with Gasteiger partial charge in [0.25, 0.3) is 11.8 Å². The molecule has 1 N–H and O–H groups in total. The first-order chi connectivity index (χ1) is 15.0. The van der Waals surface area contributed by atoms with Gasteiger partial charge in [0.2, 0.25) is 0 Å². The molecule has 5 nitrogen and oxygen atoms in total. The third kappa shape index (κ3) is 5.95. The lowest BCUT2D eigenvalue weighted by molar-refractivity contribution is 0.0991. The van der Waals surface area contributed by atoms with E-state index in [0.717, 1.165) is 12.1 Å². The molecule has 5 heteroatoms. The molecule has 0 unspecified atom stereocenters. The van der Waals surface area contributed by atoms with Crippen molar-refractivity contribution in [2.75, 3.05) is 23.9 Å². The number of anilines is 2. The summed E-state index contributed by atoms with van der Waals surface area (Å²) >= 11 is 0. The van der Waals surface area contributed by atoms with Crippen LogP contribution in [0.4, 0.5) is 11.4 Å². The summed E-state index contributed by atoms with van der Waals surface area (Å²) in [5, 5.41) is 2.88. The van der Waals surface area contributed by atoms with Gasteiger partial charge in [-0.2, -0.15) is 0 Å². The number of carbonyl (C=O) groups is 2. The molecule has 31 heavy (non-hydrogen) atoms. The van der Waals surface area contributed by atoms with E-state index in [9.17, 15) is 9.59 Å². The summed E-state index contributed by atoms with van der Waals surface area (Å²) in [7, 11) is 1.74. The van der Waals surface area contributed by atoms with Gasteiger partial charge in [-0.1, -0.05) is 44.2 Å². The quantitative estimate of drug-likeness (QED) is 0.517. The topological polar surface area (TPSA) is 58.6 Å². The lowest BCUT2D eigenvalue weighted by atomic mass is 10.1. The van der Waals surface area contributed by atoms with Crippen molar-refractivity contribution in [3.05, 3.63) is 90.0 Å². The van der Waals surface area contributed by atoms with Gasteiger partial charge in [-0.3, -0.25) is 9.59 Å². The van der Waals surface area contributed by atoms with Crippen LogP contribution in [0.15, 0.2) is 78.9 Å². The fraction of sp³-hybridized carbons (Fsp3) is 0.231. The van der Waals surface area contributed by atoms with Gasteiger partial charge in [0.1, 0.15) is 5.75 Å². The van der Waals surface area contributed by atoms with Crippen molar-refractivity contribution < 1.29 is 14.3 Å². The van der Waals surface area contributed by atoms with Gasteiger partial charge in [-0.05, 0) is 60.9 Å². The molecule has 0 saturated heterocycles. The van der Waals surface area contributed by atoms with Crippen molar-refractivity contribution in [1.29, 1.82) is 0 Å². The summed E-state index contributed by atoms with van der Waals surface area (Å²) in [6.45, 7) is 4.83. The van der Waals surface area contributed by atoms with Crippen LogP contribution in [0.1, 0.15) is 41.0 Å². The summed E-state index contributed by atoms with van der Waals surface area (Å²) in [5.74, 6) is 0.730. The maximum Gasteiger partial charge on any atom is 0.259 e. The largest absolute Gasteiger partial charge is 0.493 e. The molecule has 0 radical (unpaired) electrons. The maximum absolute atomic E-state index is 12.8. The number of para-hydroxylation sites is 2. The number of ether oxygens (including phenoxy) is 1. The van der Waals surface area contributed by atoms with Crippen molar-refractivity contribution in [3.63, 3.8) is 0 Å². The molecule has 0 atom stereocenters. The monoisotopic (exact) mass is 416 g/mol. The zero-order valence-corrected chi connectivity index (χ0v) is 18.2. The SMILES string of the molecule is CC(C)CCOc1ccccc1C(=O)Nc1ccc(C(=O)N(C)c2ccccc2)cc1. The van der Waals surface area contributed by atoms with Crippen LogP contribution in [0.2, 0.25) is 0 Å². The van der Waals surface area contributed by atoms with Gasteiger partial charge < -0.3 is 15.0 Å². The molecule has 0 spiro atoms. The minimum atomic E-state index is -0.249. The van der Waals surface area contributed by atoms with Crippen molar-refractivity contribution in [2.24, 2.45) is 5.92 Å². The van der Waals surface area contributed by atoms with Crippen molar-refractivity contribution in [1.82, 2.24) is 0 Å². The Labute approximate surface area is 183 Å². The molecule has 0 aliphatic rings. The standard InChI is InChI=1S/C26H28N2O3/c1-19(2)17-18-31-24-12-8-7-11-23(24)25(29)27-21-15-13-20(14-16-21)26(30)28(3)22-9-5-4-6-10-22/h4-16,19H,17-18H2,1-3H3,(H,27,29). The van der Waals surface area contributed by atoms with E-state index in [0.29, 0.717) is 35.1 Å². The second-order valence-corrected chi connectivity index (χ2v) is 7.76. The highest BCUT2D eigenvalue weighted by Gasteiger charge is 2.15. The van der Waals surface area contributed by atoms with Crippen LogP contribution in [0.5, 0.6) is 5.75 Å². The molecule has 160 valence electrons. The van der Waals surface area contributed by atoms with Crippen molar-refractivity contribution in [2.45, 2.75) is 20.3 Å². The average Bonchev–Trinajstić information content (AvgIpc) is 2.79. The van der Waals surface area contributed by atoms with E-state index in [1.807, 2.05) is 42.5 Å². The van der Waals surface area contributed by atoms with Crippen LogP contribution in [-0.4, -0.2) is 25.5 Å². The van der Waals surface area contributed by atoms with Crippen LogP contribution >= 0.6 is 0 Å². The maximum atomic E-state index is 12.8. The number of rotatable bonds is 8. The van der Waals surface area contributed by atoms with Gasteiger partial charge in [0.15, 0.2) is 0 Å². The number of nitrogens with zero attached hydrogens (tertiary/aromatic N) is 1. The normalized spacial score (nSPS) is 10.6. The van der Waals surface area contributed by atoms with E-state index in [1.54, 1.807) is 48.3 Å². The van der Waals surface area contributed by atoms with E-state index in [4.69, 9.17) is 4.74 Å². The number of amides is 2. The molecular formula is C26H28N2O3. The zero-order chi connectivity index (χ0) is 22.2. The first-order valence-electron chi connectivity index (χ1n) is 10.4. The van der Waals surface area contributed by atoms with Crippen LogP contribution in [0, 0.1) is 5.92 Å². The van der Waals surface area contributed by atoms with Crippen LogP contribution in [0.3, 0.4) is 0 Å². The van der Waals surface area contributed by atoms with Crippen LogP contribution < -0.4 is 15.0 Å². The molecule has 0 aromatic heterocycles. The average molecular weight is 417 g/mol. The molecule has 0 bridgehead atoms. The molecule has 0 heterocycles. The fourth-order valence-corrected chi connectivity index (χ4v) is 3.04. The van der Waals surface area contributed by atoms with Gasteiger partial charge in [-0.15, -0.1) is 0 Å². The summed E-state index contributed by atoms with van der Waals surface area (Å²) in [6.07, 6.45) is 0.920. The first kappa shape index (κ1) is 22.1. The van der Waals surface area contributed by atoms with Gasteiger partial charge in [0, 0.05) is 24.0 Å². The number of benzene rings is 3. The van der Waals surface area contributed by atoms with E-state index in [1.165, 1.54) is 0 Å². The van der Waals surface area contributed by atoms with Crippen LogP contribution in [0.25, 0.3) is 0 Å². The van der Waals surface area contributed by atoms with Gasteiger partial charge >= 0.3 is 0 Å². The Morgan fingerprint density at radius 2 is 1.55 bits per heavy atom. The Morgan fingerprint density at radius 1 is 0.903 bits per heavy atom. The molecule has 3 aromatic carbocycles. The van der Waals surface area contributed by atoms with Gasteiger partial charge in [0.05, 0.1) is 12.2 Å². The predicted octanol–water partition coefficient (Wildman–Crippen LogP) is 5.64. The fourth-order valence-electron chi connectivity index (χ4n) is 3.04. The minimum Gasteiger partial charge on any atom is -0.493 e. The summed E-state index contributed by atoms with van der Waals surface area (Å²) < 4.78 is 5.81. The van der Waals surface area contributed by atoms with Crippen molar-refractivity contribution in [3.8, 4) is 5.75 Å². The molecule has 0 aliphatic heterocycles. The van der Waals surface area contributed by atoms with Crippen molar-refractivity contribution >= 4 is 23.2 Å². The summed E-state index contributed by atoms with van der Waals surface area (Å²) in [6, 6.07) is 23.5. The molecule has 0 fully saturated rings. The third-order valence-corrected chi connectivity index (χ3v) is 4.92. The number of carbonyl (C=O) groups excluding carboxylic acids is 2. The molecule has 3 aromatic rings. The molecule has 2 amide bonds. The molecule has 0 saturated carbocycles. The Bertz CT molecular complexity index is 1010. The summed E-state index contributed by atoms with van der Waals surface area (Å²) in [4.78, 5) is 27.1. The lowest BCUT2D eigenvalue weighted by Crippen LogP contribution is -2.26.